The van der Waals surface area contributed by atoms with E-state index < -0.39 is 0 Å². The molecule has 4 fully saturated rings. The Bertz CT molecular complexity index is 1360. The van der Waals surface area contributed by atoms with Crippen molar-refractivity contribution in [1.82, 2.24) is 14.0 Å². The predicted molar refractivity (Wildman–Crippen MR) is 128 cm³/mol. The number of anilines is 1. The van der Waals surface area contributed by atoms with Crippen LogP contribution >= 0.6 is 0 Å². The Morgan fingerprint density at radius 2 is 2.09 bits per heavy atom. The highest BCUT2D eigenvalue weighted by Crippen LogP contribution is 2.58. The zero-order valence-electron chi connectivity index (χ0n) is 20.0. The van der Waals surface area contributed by atoms with Gasteiger partial charge in [-0.3, -0.25) is 9.59 Å². The second kappa shape index (κ2) is 7.18. The van der Waals surface area contributed by atoms with Crippen molar-refractivity contribution in [2.45, 2.75) is 70.1 Å². The van der Waals surface area contributed by atoms with Crippen molar-refractivity contribution in [3.8, 4) is 5.75 Å². The summed E-state index contributed by atoms with van der Waals surface area (Å²) in [6.45, 7) is 8.77. The number of pyridine rings is 2. The van der Waals surface area contributed by atoms with Crippen LogP contribution in [-0.4, -0.2) is 38.2 Å². The number of rotatable bonds is 6. The number of ether oxygens (including phenoxy) is 2. The van der Waals surface area contributed by atoms with Gasteiger partial charge in [0.25, 0.3) is 11.5 Å². The SMILES string of the molecule is CC(C)Oc1cc2nc(C34COC(C)(C3)C4)cn2cc1C(=O)Nc1cccn([C@@H]2C[C@H]2C)c1=O. The minimum atomic E-state index is -0.384. The Balaban J connectivity index is 1.35. The molecule has 8 heteroatoms. The largest absolute Gasteiger partial charge is 0.490 e. The maximum atomic E-state index is 13.4. The van der Waals surface area contributed by atoms with Crippen LogP contribution in [0.1, 0.15) is 69.1 Å². The van der Waals surface area contributed by atoms with Gasteiger partial charge in [-0.25, -0.2) is 4.98 Å². The number of imidazole rings is 1. The van der Waals surface area contributed by atoms with E-state index in [4.69, 9.17) is 14.5 Å². The first-order valence-electron chi connectivity index (χ1n) is 12.0. The molecule has 3 aromatic heterocycles. The van der Waals surface area contributed by atoms with Crippen LogP contribution in [-0.2, 0) is 10.2 Å². The summed E-state index contributed by atoms with van der Waals surface area (Å²) in [6.07, 6.45) is 8.31. The van der Waals surface area contributed by atoms with Crippen molar-refractivity contribution in [2.75, 3.05) is 11.9 Å². The topological polar surface area (TPSA) is 86.9 Å². The molecule has 2 aliphatic carbocycles. The number of hydrogen-bond donors (Lipinski definition) is 1. The monoisotopic (exact) mass is 462 g/mol. The molecule has 2 aliphatic heterocycles. The van der Waals surface area contributed by atoms with Crippen LogP contribution in [0.2, 0.25) is 0 Å². The quantitative estimate of drug-likeness (QED) is 0.600. The highest BCUT2D eigenvalue weighted by atomic mass is 16.5. The average Bonchev–Trinajstić information content (AvgIpc) is 3.08. The Labute approximate surface area is 197 Å². The minimum Gasteiger partial charge on any atom is -0.490 e. The van der Waals surface area contributed by atoms with Crippen LogP contribution in [0, 0.1) is 5.92 Å². The third kappa shape index (κ3) is 3.35. The van der Waals surface area contributed by atoms with Crippen molar-refractivity contribution < 1.29 is 14.3 Å². The van der Waals surface area contributed by atoms with Crippen molar-refractivity contribution in [3.05, 3.63) is 58.4 Å². The number of hydrogen-bond acceptors (Lipinski definition) is 5. The molecule has 8 nitrogen and oxygen atoms in total. The summed E-state index contributed by atoms with van der Waals surface area (Å²) >= 11 is 0. The number of aromatic nitrogens is 3. The Morgan fingerprint density at radius 3 is 2.74 bits per heavy atom. The lowest BCUT2D eigenvalue weighted by molar-refractivity contribution is 0.0154. The lowest BCUT2D eigenvalue weighted by Crippen LogP contribution is -2.45. The lowest BCUT2D eigenvalue weighted by Gasteiger charge is -2.41. The Morgan fingerprint density at radius 1 is 1.32 bits per heavy atom. The second-order valence-corrected chi connectivity index (χ2v) is 10.9. The van der Waals surface area contributed by atoms with Gasteiger partial charge in [0.05, 0.1) is 29.6 Å². The third-order valence-electron chi connectivity index (χ3n) is 7.47. The molecular weight excluding hydrogens is 432 g/mol. The van der Waals surface area contributed by atoms with E-state index in [2.05, 4.69) is 19.2 Å². The first-order chi connectivity index (χ1) is 16.2. The fourth-order valence-corrected chi connectivity index (χ4v) is 5.69. The van der Waals surface area contributed by atoms with Crippen LogP contribution in [0.4, 0.5) is 5.69 Å². The molecule has 0 unspecified atom stereocenters. The Kier molecular flexibility index (Phi) is 4.52. The van der Waals surface area contributed by atoms with Gasteiger partial charge in [-0.05, 0) is 58.1 Å². The van der Waals surface area contributed by atoms with Gasteiger partial charge in [0.1, 0.15) is 17.1 Å². The number of carbonyl (C=O) groups is 1. The van der Waals surface area contributed by atoms with Crippen LogP contribution in [0.25, 0.3) is 5.65 Å². The van der Waals surface area contributed by atoms with E-state index in [0.717, 1.165) is 30.6 Å². The molecule has 4 aliphatic rings. The summed E-state index contributed by atoms with van der Waals surface area (Å²) in [7, 11) is 0. The smallest absolute Gasteiger partial charge is 0.274 e. The van der Waals surface area contributed by atoms with Gasteiger partial charge in [-0.2, -0.15) is 0 Å². The van der Waals surface area contributed by atoms with Gasteiger partial charge in [-0.1, -0.05) is 6.92 Å². The average molecular weight is 463 g/mol. The predicted octanol–water partition coefficient (Wildman–Crippen LogP) is 3.94. The fraction of sp³-hybridized carbons (Fsp3) is 0.500. The highest BCUT2D eigenvalue weighted by molar-refractivity contribution is 6.06. The van der Waals surface area contributed by atoms with Gasteiger partial charge < -0.3 is 23.8 Å². The zero-order chi connectivity index (χ0) is 23.8. The van der Waals surface area contributed by atoms with Gasteiger partial charge in [0.2, 0.25) is 0 Å². The van der Waals surface area contributed by atoms with Gasteiger partial charge in [0.15, 0.2) is 0 Å². The van der Waals surface area contributed by atoms with Gasteiger partial charge in [-0.15, -0.1) is 0 Å². The molecule has 1 N–H and O–H groups in total. The molecular formula is C26H30N4O4. The van der Waals surface area contributed by atoms with Crippen LogP contribution in [0.15, 0.2) is 41.6 Å². The van der Waals surface area contributed by atoms with E-state index in [1.165, 1.54) is 0 Å². The van der Waals surface area contributed by atoms with Crippen LogP contribution < -0.4 is 15.6 Å². The summed E-state index contributed by atoms with van der Waals surface area (Å²) in [5.74, 6) is 0.540. The zero-order valence-corrected chi connectivity index (χ0v) is 20.0. The molecule has 7 rings (SSSR count). The molecule has 5 heterocycles. The van der Waals surface area contributed by atoms with E-state index in [1.54, 1.807) is 35.2 Å². The van der Waals surface area contributed by atoms with Crippen molar-refractivity contribution >= 4 is 17.2 Å². The summed E-state index contributed by atoms with van der Waals surface area (Å²) in [4.78, 5) is 31.2. The van der Waals surface area contributed by atoms with E-state index in [0.29, 0.717) is 23.8 Å². The number of amides is 1. The lowest BCUT2D eigenvalue weighted by atomic mass is 9.62. The molecule has 2 saturated heterocycles. The van der Waals surface area contributed by atoms with Crippen molar-refractivity contribution in [2.24, 2.45) is 5.92 Å². The molecule has 1 amide bonds. The van der Waals surface area contributed by atoms with Crippen LogP contribution in [0.3, 0.4) is 0 Å². The van der Waals surface area contributed by atoms with E-state index in [1.807, 2.05) is 24.4 Å². The molecule has 0 spiro atoms. The summed E-state index contributed by atoms with van der Waals surface area (Å²) < 4.78 is 15.5. The van der Waals surface area contributed by atoms with Gasteiger partial charge >= 0.3 is 0 Å². The Hall–Kier alpha value is -3.13. The first kappa shape index (κ1) is 21.4. The molecule has 2 atom stereocenters. The number of carbonyl (C=O) groups excluding carboxylic acids is 1. The minimum absolute atomic E-state index is 0.0341. The fourth-order valence-electron chi connectivity index (χ4n) is 5.69. The van der Waals surface area contributed by atoms with Crippen LogP contribution in [0.5, 0.6) is 5.75 Å². The van der Waals surface area contributed by atoms with Crippen molar-refractivity contribution in [3.63, 3.8) is 0 Å². The van der Waals surface area contributed by atoms with E-state index in [9.17, 15) is 9.59 Å². The normalized spacial score (nSPS) is 29.3. The second-order valence-electron chi connectivity index (χ2n) is 10.9. The molecule has 178 valence electrons. The number of fused-ring (bicyclic) bond motifs is 2. The molecule has 3 aromatic rings. The summed E-state index contributed by atoms with van der Waals surface area (Å²) in [5, 5.41) is 2.82. The number of nitrogens with one attached hydrogen (secondary N) is 1. The first-order valence-corrected chi connectivity index (χ1v) is 12.0. The van der Waals surface area contributed by atoms with E-state index >= 15 is 0 Å². The van der Waals surface area contributed by atoms with Gasteiger partial charge in [0, 0.05) is 36.1 Å². The highest BCUT2D eigenvalue weighted by Gasteiger charge is 2.61. The third-order valence-corrected chi connectivity index (χ3v) is 7.47. The molecule has 2 saturated carbocycles. The maximum Gasteiger partial charge on any atom is 0.274 e. The molecule has 2 bridgehead atoms. The molecule has 34 heavy (non-hydrogen) atoms. The summed E-state index contributed by atoms with van der Waals surface area (Å²) in [5.41, 5.74) is 2.07. The van der Waals surface area contributed by atoms with E-state index in [-0.39, 0.29) is 40.3 Å². The summed E-state index contributed by atoms with van der Waals surface area (Å²) in [6, 6.07) is 5.46. The maximum absolute atomic E-state index is 13.4. The number of nitrogens with zero attached hydrogens (tertiary/aromatic N) is 3. The molecule has 0 aromatic carbocycles. The van der Waals surface area contributed by atoms with Crippen molar-refractivity contribution in [1.29, 1.82) is 0 Å². The molecule has 0 radical (unpaired) electrons. The standard InChI is InChI=1S/C26H30N4O4/c1-15(2)34-20-9-22-28-21(26-12-25(4,13-26)33-14-26)11-29(22)10-17(20)23(31)27-18-6-5-7-30(24(18)32)19-8-16(19)3/h5-7,9-11,15-16,19H,8,12-14H2,1-4H3,(H,27,31)/t16-,19-,25?,26?/m1/s1.